The van der Waals surface area contributed by atoms with Gasteiger partial charge in [-0.15, -0.1) is 0 Å². The molecule has 2 heterocycles. The van der Waals surface area contributed by atoms with E-state index in [1.165, 1.54) is 5.56 Å². The van der Waals surface area contributed by atoms with Crippen molar-refractivity contribution in [3.63, 3.8) is 0 Å². The molecule has 0 aliphatic carbocycles. The van der Waals surface area contributed by atoms with Crippen LogP contribution in [0.15, 0.2) is 23.0 Å². The highest BCUT2D eigenvalue weighted by atomic mass is 16.3. The predicted octanol–water partition coefficient (Wildman–Crippen LogP) is 2.07. The summed E-state index contributed by atoms with van der Waals surface area (Å²) in [6.45, 7) is 6.91. The zero-order valence-electron chi connectivity index (χ0n) is 8.34. The zero-order valence-corrected chi connectivity index (χ0v) is 8.34. The quantitative estimate of drug-likeness (QED) is 0.768. The second kappa shape index (κ2) is 3.18. The second-order valence-electron chi connectivity index (χ2n) is 4.43. The van der Waals surface area contributed by atoms with E-state index in [0.717, 1.165) is 25.4 Å². The van der Waals surface area contributed by atoms with Gasteiger partial charge in [0.05, 0.1) is 12.5 Å². The minimum atomic E-state index is 0.476. The molecule has 0 unspecified atom stereocenters. The predicted molar refractivity (Wildman–Crippen MR) is 52.6 cm³/mol. The summed E-state index contributed by atoms with van der Waals surface area (Å²) in [4.78, 5) is 0. The van der Waals surface area contributed by atoms with Gasteiger partial charge in [0, 0.05) is 18.5 Å². The Bertz CT molecular complexity index is 260. The lowest BCUT2D eigenvalue weighted by Gasteiger charge is -2.46. The summed E-state index contributed by atoms with van der Waals surface area (Å²) in [5, 5.41) is 3.37. The summed E-state index contributed by atoms with van der Waals surface area (Å²) in [6.07, 6.45) is 4.77. The summed E-state index contributed by atoms with van der Waals surface area (Å²) >= 11 is 0. The van der Waals surface area contributed by atoms with Crippen LogP contribution in [0, 0.1) is 11.3 Å². The highest BCUT2D eigenvalue weighted by Crippen LogP contribution is 2.35. The van der Waals surface area contributed by atoms with Gasteiger partial charge < -0.3 is 9.73 Å². The maximum atomic E-state index is 5.09. The molecule has 1 N–H and O–H groups in total. The summed E-state index contributed by atoms with van der Waals surface area (Å²) in [7, 11) is 0. The van der Waals surface area contributed by atoms with Crippen molar-refractivity contribution < 1.29 is 4.42 Å². The molecule has 0 bridgehead atoms. The monoisotopic (exact) mass is 179 g/mol. The molecule has 1 aliphatic rings. The van der Waals surface area contributed by atoms with E-state index >= 15 is 0 Å². The smallest absolute Gasteiger partial charge is 0.0934 e. The van der Waals surface area contributed by atoms with Crippen LogP contribution in [0.4, 0.5) is 0 Å². The summed E-state index contributed by atoms with van der Waals surface area (Å²) in [5.41, 5.74) is 1.80. The highest BCUT2D eigenvalue weighted by Gasteiger charge is 2.39. The van der Waals surface area contributed by atoms with E-state index in [4.69, 9.17) is 4.42 Å². The first-order valence-corrected chi connectivity index (χ1v) is 4.95. The van der Waals surface area contributed by atoms with Crippen LogP contribution < -0.4 is 5.32 Å². The lowest BCUT2D eigenvalue weighted by atomic mass is 9.68. The van der Waals surface area contributed by atoms with E-state index in [9.17, 15) is 0 Å². The Labute approximate surface area is 79.3 Å². The van der Waals surface area contributed by atoms with Crippen LogP contribution in [0.25, 0.3) is 0 Å². The van der Waals surface area contributed by atoms with E-state index in [0.29, 0.717) is 5.41 Å². The van der Waals surface area contributed by atoms with E-state index in [1.54, 1.807) is 6.26 Å². The maximum Gasteiger partial charge on any atom is 0.0934 e. The van der Waals surface area contributed by atoms with Gasteiger partial charge in [-0.25, -0.2) is 0 Å². The molecular weight excluding hydrogens is 162 g/mol. The Morgan fingerprint density at radius 1 is 1.54 bits per heavy atom. The number of hydrogen-bond acceptors (Lipinski definition) is 2. The topological polar surface area (TPSA) is 25.2 Å². The molecule has 0 spiro atoms. The first-order valence-electron chi connectivity index (χ1n) is 4.95. The van der Waals surface area contributed by atoms with Crippen LogP contribution in [-0.4, -0.2) is 13.1 Å². The SMILES string of the molecule is CC(C)C1(Cc2ccoc2)CNC1. The first-order chi connectivity index (χ1) is 6.23. The van der Waals surface area contributed by atoms with Crippen LogP contribution in [0.5, 0.6) is 0 Å². The van der Waals surface area contributed by atoms with Crippen LogP contribution >= 0.6 is 0 Å². The largest absolute Gasteiger partial charge is 0.472 e. The van der Waals surface area contributed by atoms with Crippen LogP contribution in [-0.2, 0) is 6.42 Å². The van der Waals surface area contributed by atoms with E-state index < -0.39 is 0 Å². The Morgan fingerprint density at radius 2 is 2.31 bits per heavy atom. The standard InChI is InChI=1S/C11H17NO/c1-9(2)11(7-12-8-11)5-10-3-4-13-6-10/h3-4,6,9,12H,5,7-8H2,1-2H3. The minimum Gasteiger partial charge on any atom is -0.472 e. The number of furan rings is 1. The Hall–Kier alpha value is -0.760. The third-order valence-electron chi connectivity index (χ3n) is 3.32. The van der Waals surface area contributed by atoms with Crippen molar-refractivity contribution in [3.05, 3.63) is 24.2 Å². The van der Waals surface area contributed by atoms with Crippen molar-refractivity contribution in [2.24, 2.45) is 11.3 Å². The molecule has 0 amide bonds. The van der Waals surface area contributed by atoms with E-state index in [-0.39, 0.29) is 0 Å². The third kappa shape index (κ3) is 1.51. The van der Waals surface area contributed by atoms with Gasteiger partial charge in [0.15, 0.2) is 0 Å². The summed E-state index contributed by atoms with van der Waals surface area (Å²) < 4.78 is 5.09. The first kappa shape index (κ1) is 8.82. The molecule has 0 saturated carbocycles. The summed E-state index contributed by atoms with van der Waals surface area (Å²) in [5.74, 6) is 0.739. The van der Waals surface area contributed by atoms with Crippen molar-refractivity contribution in [3.8, 4) is 0 Å². The fourth-order valence-electron chi connectivity index (χ4n) is 1.98. The van der Waals surface area contributed by atoms with Crippen molar-refractivity contribution in [2.45, 2.75) is 20.3 Å². The van der Waals surface area contributed by atoms with Gasteiger partial charge in [-0.3, -0.25) is 0 Å². The molecule has 1 aliphatic heterocycles. The van der Waals surface area contributed by atoms with Crippen molar-refractivity contribution >= 4 is 0 Å². The van der Waals surface area contributed by atoms with Gasteiger partial charge in [0.2, 0.25) is 0 Å². The lowest BCUT2D eigenvalue weighted by molar-refractivity contribution is 0.0993. The number of hydrogen-bond donors (Lipinski definition) is 1. The van der Waals surface area contributed by atoms with Gasteiger partial charge in [0.25, 0.3) is 0 Å². The van der Waals surface area contributed by atoms with E-state index in [2.05, 4.69) is 25.2 Å². The molecule has 1 aromatic heterocycles. The fourth-order valence-corrected chi connectivity index (χ4v) is 1.98. The third-order valence-corrected chi connectivity index (χ3v) is 3.32. The molecule has 0 atom stereocenters. The average Bonchev–Trinajstić information content (AvgIpc) is 2.47. The van der Waals surface area contributed by atoms with Gasteiger partial charge in [0.1, 0.15) is 0 Å². The number of nitrogens with one attached hydrogen (secondary N) is 1. The molecule has 1 saturated heterocycles. The second-order valence-corrected chi connectivity index (χ2v) is 4.43. The molecule has 1 fully saturated rings. The Morgan fingerprint density at radius 3 is 2.69 bits per heavy atom. The Balaban J connectivity index is 2.07. The maximum absolute atomic E-state index is 5.09. The van der Waals surface area contributed by atoms with Crippen molar-refractivity contribution in [1.82, 2.24) is 5.32 Å². The minimum absolute atomic E-state index is 0.476. The molecule has 13 heavy (non-hydrogen) atoms. The number of rotatable bonds is 3. The van der Waals surface area contributed by atoms with Crippen molar-refractivity contribution in [2.75, 3.05) is 13.1 Å². The summed E-state index contributed by atoms with van der Waals surface area (Å²) in [6, 6.07) is 2.07. The molecule has 72 valence electrons. The lowest BCUT2D eigenvalue weighted by Crippen LogP contribution is -2.57. The van der Waals surface area contributed by atoms with Crippen molar-refractivity contribution in [1.29, 1.82) is 0 Å². The fraction of sp³-hybridized carbons (Fsp3) is 0.636. The van der Waals surface area contributed by atoms with Crippen LogP contribution in [0.1, 0.15) is 19.4 Å². The molecular formula is C11H17NO. The van der Waals surface area contributed by atoms with Gasteiger partial charge in [-0.2, -0.15) is 0 Å². The normalized spacial score (nSPS) is 20.2. The Kier molecular flexibility index (Phi) is 2.16. The zero-order chi connectivity index (χ0) is 9.31. The van der Waals surface area contributed by atoms with E-state index in [1.807, 2.05) is 6.26 Å². The van der Waals surface area contributed by atoms with Crippen LogP contribution in [0.3, 0.4) is 0 Å². The van der Waals surface area contributed by atoms with Gasteiger partial charge in [-0.05, 0) is 24.0 Å². The molecule has 2 nitrogen and oxygen atoms in total. The molecule has 0 radical (unpaired) electrons. The molecule has 0 aromatic carbocycles. The molecule has 2 rings (SSSR count). The molecule has 1 aromatic rings. The van der Waals surface area contributed by atoms with Crippen LogP contribution in [0.2, 0.25) is 0 Å². The molecule has 2 heteroatoms. The van der Waals surface area contributed by atoms with Gasteiger partial charge in [-0.1, -0.05) is 13.8 Å². The average molecular weight is 179 g/mol. The highest BCUT2D eigenvalue weighted by molar-refractivity contribution is 5.12. The van der Waals surface area contributed by atoms with Gasteiger partial charge >= 0.3 is 0 Å².